The number of nitrogens with zero attached hydrogens (tertiary/aromatic N) is 2. The second kappa shape index (κ2) is 7.59. The lowest BCUT2D eigenvalue weighted by atomic mass is 10.1. The summed E-state index contributed by atoms with van der Waals surface area (Å²) in [6, 6.07) is 8.11. The molecule has 1 atom stereocenters. The van der Waals surface area contributed by atoms with E-state index in [2.05, 4.69) is 21.7 Å². The molecule has 0 radical (unpaired) electrons. The van der Waals surface area contributed by atoms with E-state index in [0.717, 1.165) is 24.2 Å². The van der Waals surface area contributed by atoms with E-state index in [4.69, 9.17) is 0 Å². The normalized spacial score (nSPS) is 12.1. The molecule has 1 aromatic carbocycles. The van der Waals surface area contributed by atoms with Crippen LogP contribution in [-0.4, -0.2) is 29.1 Å². The summed E-state index contributed by atoms with van der Waals surface area (Å²) in [5.41, 5.74) is 2.13. The summed E-state index contributed by atoms with van der Waals surface area (Å²) in [6.45, 7) is 2.86. The first-order chi connectivity index (χ1) is 10.2. The van der Waals surface area contributed by atoms with Gasteiger partial charge in [0.25, 0.3) is 0 Å². The molecular formula is C16H22N4O. The Balaban J connectivity index is 1.98. The summed E-state index contributed by atoms with van der Waals surface area (Å²) in [5, 5.41) is 6.08. The number of carbonyl (C=O) groups is 1. The lowest BCUT2D eigenvalue weighted by Gasteiger charge is -2.15. The number of hydrogen-bond acceptors (Lipinski definition) is 3. The van der Waals surface area contributed by atoms with Gasteiger partial charge in [-0.25, -0.2) is 4.98 Å². The van der Waals surface area contributed by atoms with Crippen LogP contribution in [0.2, 0.25) is 0 Å². The fourth-order valence-electron chi connectivity index (χ4n) is 2.19. The maximum absolute atomic E-state index is 11.9. The third-order valence-corrected chi connectivity index (χ3v) is 3.38. The molecule has 1 aromatic heterocycles. The van der Waals surface area contributed by atoms with E-state index in [1.807, 2.05) is 42.9 Å². The van der Waals surface area contributed by atoms with Gasteiger partial charge < -0.3 is 15.2 Å². The molecular weight excluding hydrogens is 264 g/mol. The van der Waals surface area contributed by atoms with E-state index in [1.165, 1.54) is 0 Å². The van der Waals surface area contributed by atoms with Gasteiger partial charge in [0, 0.05) is 24.5 Å². The van der Waals surface area contributed by atoms with Gasteiger partial charge in [-0.15, -0.1) is 0 Å². The smallest absolute Gasteiger partial charge is 0.220 e. The van der Waals surface area contributed by atoms with Crippen LogP contribution in [0.1, 0.15) is 31.4 Å². The number of imidazole rings is 1. The molecule has 21 heavy (non-hydrogen) atoms. The summed E-state index contributed by atoms with van der Waals surface area (Å²) in [7, 11) is 1.89. The SMILES string of the molecule is CNCCCC(=O)NC(C)c1cccc(-n2ccnc2)c1. The van der Waals surface area contributed by atoms with Crippen LogP contribution < -0.4 is 10.6 Å². The number of rotatable bonds is 7. The standard InChI is InChI=1S/C16H22N4O/c1-13(19-16(21)7-4-8-17-2)14-5-3-6-15(11-14)20-10-9-18-12-20/h3,5-6,9-13,17H,4,7-8H2,1-2H3,(H,19,21). The second-order valence-electron chi connectivity index (χ2n) is 5.06. The Morgan fingerprint density at radius 3 is 3.00 bits per heavy atom. The van der Waals surface area contributed by atoms with Crippen LogP contribution in [0.15, 0.2) is 43.0 Å². The average Bonchev–Trinajstić information content (AvgIpc) is 3.02. The fourth-order valence-corrected chi connectivity index (χ4v) is 2.19. The Labute approximate surface area is 125 Å². The predicted molar refractivity (Wildman–Crippen MR) is 83.3 cm³/mol. The molecule has 2 N–H and O–H groups in total. The van der Waals surface area contributed by atoms with E-state index in [0.29, 0.717) is 6.42 Å². The molecule has 0 aliphatic carbocycles. The zero-order chi connectivity index (χ0) is 15.1. The highest BCUT2D eigenvalue weighted by atomic mass is 16.1. The van der Waals surface area contributed by atoms with Gasteiger partial charge >= 0.3 is 0 Å². The fraction of sp³-hybridized carbons (Fsp3) is 0.375. The highest BCUT2D eigenvalue weighted by Gasteiger charge is 2.10. The number of hydrogen-bond donors (Lipinski definition) is 2. The monoisotopic (exact) mass is 286 g/mol. The van der Waals surface area contributed by atoms with Crippen molar-refractivity contribution in [2.75, 3.05) is 13.6 Å². The van der Waals surface area contributed by atoms with Crippen molar-refractivity contribution in [3.05, 3.63) is 48.5 Å². The molecule has 0 saturated carbocycles. The largest absolute Gasteiger partial charge is 0.350 e. The van der Waals surface area contributed by atoms with Crippen molar-refractivity contribution in [2.24, 2.45) is 0 Å². The Morgan fingerprint density at radius 2 is 2.29 bits per heavy atom. The molecule has 0 aliphatic heterocycles. The second-order valence-corrected chi connectivity index (χ2v) is 5.06. The Hall–Kier alpha value is -2.14. The molecule has 0 fully saturated rings. The van der Waals surface area contributed by atoms with Crippen LogP contribution in [0.25, 0.3) is 5.69 Å². The van der Waals surface area contributed by atoms with Crippen molar-refractivity contribution < 1.29 is 4.79 Å². The third kappa shape index (κ3) is 4.43. The van der Waals surface area contributed by atoms with Crippen molar-refractivity contribution in [1.82, 2.24) is 20.2 Å². The van der Waals surface area contributed by atoms with Gasteiger partial charge in [-0.1, -0.05) is 12.1 Å². The molecule has 0 saturated heterocycles. The molecule has 0 aliphatic rings. The van der Waals surface area contributed by atoms with E-state index >= 15 is 0 Å². The van der Waals surface area contributed by atoms with Gasteiger partial charge in [-0.2, -0.15) is 0 Å². The lowest BCUT2D eigenvalue weighted by molar-refractivity contribution is -0.121. The van der Waals surface area contributed by atoms with E-state index in [1.54, 1.807) is 12.5 Å². The minimum atomic E-state index is -0.00411. The van der Waals surface area contributed by atoms with Gasteiger partial charge in [0.05, 0.1) is 12.4 Å². The summed E-state index contributed by atoms with van der Waals surface area (Å²) in [4.78, 5) is 15.9. The quantitative estimate of drug-likeness (QED) is 0.766. The van der Waals surface area contributed by atoms with Crippen LogP contribution in [0, 0.1) is 0 Å². The maximum Gasteiger partial charge on any atom is 0.220 e. The van der Waals surface area contributed by atoms with Gasteiger partial charge in [-0.3, -0.25) is 4.79 Å². The molecule has 0 bridgehead atoms. The first-order valence-electron chi connectivity index (χ1n) is 7.23. The topological polar surface area (TPSA) is 59.0 Å². The average molecular weight is 286 g/mol. The zero-order valence-electron chi connectivity index (χ0n) is 12.5. The zero-order valence-corrected chi connectivity index (χ0v) is 12.5. The summed E-state index contributed by atoms with van der Waals surface area (Å²) < 4.78 is 1.95. The van der Waals surface area contributed by atoms with Crippen LogP contribution in [0.5, 0.6) is 0 Å². The van der Waals surface area contributed by atoms with Crippen LogP contribution in [0.4, 0.5) is 0 Å². The van der Waals surface area contributed by atoms with Crippen molar-refractivity contribution >= 4 is 5.91 Å². The van der Waals surface area contributed by atoms with Crippen molar-refractivity contribution in [1.29, 1.82) is 0 Å². The van der Waals surface area contributed by atoms with E-state index in [-0.39, 0.29) is 11.9 Å². The highest BCUT2D eigenvalue weighted by Crippen LogP contribution is 2.17. The molecule has 0 spiro atoms. The maximum atomic E-state index is 11.9. The van der Waals surface area contributed by atoms with Crippen molar-refractivity contribution in [3.63, 3.8) is 0 Å². The van der Waals surface area contributed by atoms with E-state index in [9.17, 15) is 4.79 Å². The molecule has 2 rings (SSSR count). The summed E-state index contributed by atoms with van der Waals surface area (Å²) >= 11 is 0. The molecule has 112 valence electrons. The number of nitrogens with one attached hydrogen (secondary N) is 2. The third-order valence-electron chi connectivity index (χ3n) is 3.38. The molecule has 1 unspecified atom stereocenters. The van der Waals surface area contributed by atoms with Gasteiger partial charge in [0.15, 0.2) is 0 Å². The minimum absolute atomic E-state index is 0.00411. The van der Waals surface area contributed by atoms with Crippen LogP contribution >= 0.6 is 0 Å². The number of benzene rings is 1. The Morgan fingerprint density at radius 1 is 1.43 bits per heavy atom. The number of carbonyl (C=O) groups excluding carboxylic acids is 1. The van der Waals surface area contributed by atoms with E-state index < -0.39 is 0 Å². The van der Waals surface area contributed by atoms with Gasteiger partial charge in [-0.05, 0) is 44.6 Å². The van der Waals surface area contributed by atoms with Crippen molar-refractivity contribution in [2.45, 2.75) is 25.8 Å². The predicted octanol–water partition coefficient (Wildman–Crippen LogP) is 2.05. The molecule has 5 heteroatoms. The van der Waals surface area contributed by atoms with Crippen LogP contribution in [0.3, 0.4) is 0 Å². The summed E-state index contributed by atoms with van der Waals surface area (Å²) in [5.74, 6) is 0.0887. The summed E-state index contributed by atoms with van der Waals surface area (Å²) in [6.07, 6.45) is 6.82. The van der Waals surface area contributed by atoms with Crippen molar-refractivity contribution in [3.8, 4) is 5.69 Å². The van der Waals surface area contributed by atoms with Crippen LogP contribution in [-0.2, 0) is 4.79 Å². The molecule has 2 aromatic rings. The lowest BCUT2D eigenvalue weighted by Crippen LogP contribution is -2.27. The Kier molecular flexibility index (Phi) is 5.51. The first-order valence-corrected chi connectivity index (χ1v) is 7.23. The van der Waals surface area contributed by atoms with Gasteiger partial charge in [0.1, 0.15) is 0 Å². The number of amides is 1. The van der Waals surface area contributed by atoms with Gasteiger partial charge in [0.2, 0.25) is 5.91 Å². The molecule has 1 heterocycles. The molecule has 1 amide bonds. The Bertz CT molecular complexity index is 565. The molecule has 5 nitrogen and oxygen atoms in total. The first kappa shape index (κ1) is 15.3. The number of aromatic nitrogens is 2. The highest BCUT2D eigenvalue weighted by molar-refractivity contribution is 5.76. The minimum Gasteiger partial charge on any atom is -0.350 e.